The maximum absolute atomic E-state index is 12.2. The first-order valence-corrected chi connectivity index (χ1v) is 8.90. The van der Waals surface area contributed by atoms with Crippen molar-refractivity contribution < 1.29 is 18.9 Å². The highest BCUT2D eigenvalue weighted by Crippen LogP contribution is 2.28. The maximum atomic E-state index is 12.2. The third-order valence-electron chi connectivity index (χ3n) is 4.13. The van der Waals surface area contributed by atoms with Crippen molar-refractivity contribution in [2.45, 2.75) is 13.8 Å². The number of rotatable bonds is 6. The van der Waals surface area contributed by atoms with Gasteiger partial charge in [-0.05, 0) is 42.8 Å². The van der Waals surface area contributed by atoms with Gasteiger partial charge in [-0.2, -0.15) is 5.10 Å². The predicted molar refractivity (Wildman–Crippen MR) is 111 cm³/mol. The van der Waals surface area contributed by atoms with E-state index in [0.29, 0.717) is 28.3 Å². The summed E-state index contributed by atoms with van der Waals surface area (Å²) < 4.78 is 5.66. The molecule has 0 aliphatic heterocycles. The van der Waals surface area contributed by atoms with Gasteiger partial charge in [0.15, 0.2) is 0 Å². The number of furan rings is 1. The molecule has 0 saturated carbocycles. The molecule has 0 unspecified atom stereocenters. The van der Waals surface area contributed by atoms with Crippen LogP contribution in [0.4, 0.5) is 11.4 Å². The van der Waals surface area contributed by atoms with Crippen LogP contribution in [0.25, 0.3) is 11.3 Å². The Morgan fingerprint density at radius 2 is 1.93 bits per heavy atom. The van der Waals surface area contributed by atoms with E-state index in [1.54, 1.807) is 36.4 Å². The van der Waals surface area contributed by atoms with Crippen molar-refractivity contribution in [1.82, 2.24) is 5.43 Å². The van der Waals surface area contributed by atoms with Crippen LogP contribution in [0.2, 0.25) is 0 Å². The van der Waals surface area contributed by atoms with Crippen LogP contribution >= 0.6 is 0 Å². The standard InChI is InChI=1S/C21H18N4O5/c1-13-6-7-17(25(28)29)11-19(13)20-9-8-18(30-20)12-22-24-21(27)15-4-3-5-16(10-15)23-14(2)26/h3-12H,1-2H3,(H,23,26)(H,24,27)/b22-12-. The molecule has 0 aliphatic rings. The highest BCUT2D eigenvalue weighted by Gasteiger charge is 2.13. The van der Waals surface area contributed by atoms with Crippen LogP contribution in [0.3, 0.4) is 0 Å². The number of hydrazone groups is 1. The molecule has 152 valence electrons. The highest BCUT2D eigenvalue weighted by atomic mass is 16.6. The van der Waals surface area contributed by atoms with E-state index in [1.165, 1.54) is 31.3 Å². The molecule has 0 saturated heterocycles. The highest BCUT2D eigenvalue weighted by molar-refractivity contribution is 5.97. The number of nitrogens with zero attached hydrogens (tertiary/aromatic N) is 2. The minimum Gasteiger partial charge on any atom is -0.455 e. The molecule has 0 bridgehead atoms. The van der Waals surface area contributed by atoms with Gasteiger partial charge in [0.2, 0.25) is 5.91 Å². The molecule has 0 spiro atoms. The zero-order valence-electron chi connectivity index (χ0n) is 16.2. The normalized spacial score (nSPS) is 10.7. The van der Waals surface area contributed by atoms with E-state index in [-0.39, 0.29) is 11.6 Å². The zero-order chi connectivity index (χ0) is 21.7. The Morgan fingerprint density at radius 3 is 2.67 bits per heavy atom. The van der Waals surface area contributed by atoms with Crippen LogP contribution in [-0.4, -0.2) is 23.0 Å². The largest absolute Gasteiger partial charge is 0.455 e. The molecule has 2 amide bonds. The third kappa shape index (κ3) is 4.96. The smallest absolute Gasteiger partial charge is 0.271 e. The summed E-state index contributed by atoms with van der Waals surface area (Å²) in [5.41, 5.74) is 4.60. The van der Waals surface area contributed by atoms with Crippen molar-refractivity contribution in [2.24, 2.45) is 5.10 Å². The van der Waals surface area contributed by atoms with E-state index in [9.17, 15) is 19.7 Å². The molecule has 0 atom stereocenters. The van der Waals surface area contributed by atoms with Gasteiger partial charge >= 0.3 is 0 Å². The number of non-ortho nitro benzene ring substituents is 1. The Labute approximate surface area is 171 Å². The monoisotopic (exact) mass is 406 g/mol. The van der Waals surface area contributed by atoms with Crippen molar-refractivity contribution in [1.29, 1.82) is 0 Å². The van der Waals surface area contributed by atoms with E-state index < -0.39 is 10.8 Å². The Hall–Kier alpha value is -4.27. The van der Waals surface area contributed by atoms with Crippen LogP contribution in [0.15, 0.2) is 64.1 Å². The topological polar surface area (TPSA) is 127 Å². The first-order valence-electron chi connectivity index (χ1n) is 8.90. The number of hydrogen-bond donors (Lipinski definition) is 2. The van der Waals surface area contributed by atoms with E-state index >= 15 is 0 Å². The SMILES string of the molecule is CC(=O)Nc1cccc(C(=O)N/N=C\c2ccc(-c3cc([N+](=O)[O-])ccc3C)o2)c1. The fourth-order valence-electron chi connectivity index (χ4n) is 2.72. The molecular weight excluding hydrogens is 388 g/mol. The fraction of sp³-hybridized carbons (Fsp3) is 0.0952. The number of nitrogens with one attached hydrogen (secondary N) is 2. The fourth-order valence-corrected chi connectivity index (χ4v) is 2.72. The van der Waals surface area contributed by atoms with Crippen LogP contribution < -0.4 is 10.7 Å². The van der Waals surface area contributed by atoms with Crippen molar-refractivity contribution in [3.05, 3.63) is 81.6 Å². The van der Waals surface area contributed by atoms with Gasteiger partial charge in [-0.3, -0.25) is 19.7 Å². The van der Waals surface area contributed by atoms with Gasteiger partial charge in [0.1, 0.15) is 11.5 Å². The lowest BCUT2D eigenvalue weighted by molar-refractivity contribution is -0.384. The van der Waals surface area contributed by atoms with Gasteiger partial charge in [0.05, 0.1) is 11.1 Å². The zero-order valence-corrected chi connectivity index (χ0v) is 16.2. The van der Waals surface area contributed by atoms with Gasteiger partial charge in [-0.1, -0.05) is 12.1 Å². The average molecular weight is 406 g/mol. The number of nitro groups is 1. The molecule has 0 fully saturated rings. The first kappa shape index (κ1) is 20.5. The summed E-state index contributed by atoms with van der Waals surface area (Å²) in [4.78, 5) is 33.9. The van der Waals surface area contributed by atoms with Gasteiger partial charge in [0, 0.05) is 35.9 Å². The second-order valence-corrected chi connectivity index (χ2v) is 6.42. The molecule has 0 radical (unpaired) electrons. The summed E-state index contributed by atoms with van der Waals surface area (Å²) in [6.45, 7) is 3.20. The van der Waals surface area contributed by atoms with Crippen molar-refractivity contribution in [2.75, 3.05) is 5.32 Å². The summed E-state index contributed by atoms with van der Waals surface area (Å²) in [6, 6.07) is 14.3. The van der Waals surface area contributed by atoms with Gasteiger partial charge in [-0.15, -0.1) is 0 Å². The number of nitro benzene ring substituents is 1. The van der Waals surface area contributed by atoms with E-state index in [2.05, 4.69) is 15.8 Å². The molecule has 1 aromatic heterocycles. The van der Waals surface area contributed by atoms with E-state index in [0.717, 1.165) is 5.56 Å². The Kier molecular flexibility index (Phi) is 6.02. The lowest BCUT2D eigenvalue weighted by Gasteiger charge is -2.04. The van der Waals surface area contributed by atoms with Crippen LogP contribution in [-0.2, 0) is 4.79 Å². The number of anilines is 1. The molecular formula is C21H18N4O5. The molecule has 3 rings (SSSR count). The molecule has 3 aromatic rings. The van der Waals surface area contributed by atoms with Gasteiger partial charge < -0.3 is 9.73 Å². The molecule has 9 heteroatoms. The molecule has 30 heavy (non-hydrogen) atoms. The van der Waals surface area contributed by atoms with Crippen LogP contribution in [0.5, 0.6) is 0 Å². The number of aryl methyl sites for hydroxylation is 1. The van der Waals surface area contributed by atoms with E-state index in [1.807, 2.05) is 6.92 Å². The second-order valence-electron chi connectivity index (χ2n) is 6.42. The van der Waals surface area contributed by atoms with Crippen molar-refractivity contribution in [3.8, 4) is 11.3 Å². The third-order valence-corrected chi connectivity index (χ3v) is 4.13. The van der Waals surface area contributed by atoms with Crippen LogP contribution in [0.1, 0.15) is 28.6 Å². The number of benzene rings is 2. The quantitative estimate of drug-likeness (QED) is 0.365. The number of hydrogen-bond acceptors (Lipinski definition) is 6. The van der Waals surface area contributed by atoms with Gasteiger partial charge in [-0.25, -0.2) is 5.43 Å². The van der Waals surface area contributed by atoms with Crippen molar-refractivity contribution in [3.63, 3.8) is 0 Å². The number of carbonyl (C=O) groups excluding carboxylic acids is 2. The second kappa shape index (κ2) is 8.82. The summed E-state index contributed by atoms with van der Waals surface area (Å²) >= 11 is 0. The molecule has 0 aliphatic carbocycles. The average Bonchev–Trinajstić information content (AvgIpc) is 3.16. The number of amides is 2. The Morgan fingerprint density at radius 1 is 1.13 bits per heavy atom. The summed E-state index contributed by atoms with van der Waals surface area (Å²) in [5.74, 6) is 0.119. The summed E-state index contributed by atoms with van der Waals surface area (Å²) in [7, 11) is 0. The minimum atomic E-state index is -0.468. The van der Waals surface area contributed by atoms with Crippen molar-refractivity contribution >= 4 is 29.4 Å². The van der Waals surface area contributed by atoms with E-state index in [4.69, 9.17) is 4.42 Å². The molecule has 1 heterocycles. The Balaban J connectivity index is 1.69. The molecule has 2 aromatic carbocycles. The number of carbonyl (C=O) groups is 2. The molecule has 9 nitrogen and oxygen atoms in total. The minimum absolute atomic E-state index is 0.0315. The summed E-state index contributed by atoms with van der Waals surface area (Å²) in [5, 5.41) is 17.5. The Bertz CT molecular complexity index is 1150. The van der Waals surface area contributed by atoms with Crippen LogP contribution in [0, 0.1) is 17.0 Å². The first-order chi connectivity index (χ1) is 14.3. The lowest BCUT2D eigenvalue weighted by atomic mass is 10.1. The maximum Gasteiger partial charge on any atom is 0.271 e. The predicted octanol–water partition coefficient (Wildman–Crippen LogP) is 3.89. The summed E-state index contributed by atoms with van der Waals surface area (Å²) in [6.07, 6.45) is 1.33. The lowest BCUT2D eigenvalue weighted by Crippen LogP contribution is -2.18. The van der Waals surface area contributed by atoms with Gasteiger partial charge in [0.25, 0.3) is 11.6 Å². The molecule has 2 N–H and O–H groups in total.